The van der Waals surface area contributed by atoms with Crippen LogP contribution in [0.4, 0.5) is 0 Å². The maximum Gasteiger partial charge on any atom is 0.0454 e. The van der Waals surface area contributed by atoms with Crippen LogP contribution in [-0.4, -0.2) is 5.71 Å². The van der Waals surface area contributed by atoms with Gasteiger partial charge in [-0.2, -0.15) is 0 Å². The van der Waals surface area contributed by atoms with Crippen LogP contribution in [-0.2, 0) is 0 Å². The summed E-state index contributed by atoms with van der Waals surface area (Å²) < 4.78 is 0. The molecule has 2 N–H and O–H groups in total. The zero-order valence-electron chi connectivity index (χ0n) is 5.02. The van der Waals surface area contributed by atoms with Gasteiger partial charge in [0.1, 0.15) is 0 Å². The van der Waals surface area contributed by atoms with Gasteiger partial charge in [-0.3, -0.25) is 4.99 Å². The number of nitrogens with two attached hydrogens (primary N) is 1. The van der Waals surface area contributed by atoms with E-state index < -0.39 is 0 Å². The Morgan fingerprint density at radius 3 is 2.75 bits per heavy atom. The Bertz CT molecular complexity index is 127. The molecule has 44 valence electrons. The summed E-state index contributed by atoms with van der Waals surface area (Å²) in [4.78, 5) is 4.04. The van der Waals surface area contributed by atoms with Crippen molar-refractivity contribution in [3.63, 3.8) is 0 Å². The molecule has 1 heterocycles. The predicted molar refractivity (Wildman–Crippen MR) is 34.6 cm³/mol. The molecule has 0 saturated carbocycles. The molecule has 0 aromatic heterocycles. The highest BCUT2D eigenvalue weighted by Gasteiger charge is 1.97. The minimum atomic E-state index is 0.899. The van der Waals surface area contributed by atoms with E-state index in [0.717, 1.165) is 18.5 Å². The molecular formula is C6H10N2. The van der Waals surface area contributed by atoms with Crippen molar-refractivity contribution >= 4 is 5.71 Å². The van der Waals surface area contributed by atoms with Crippen molar-refractivity contribution in [1.82, 2.24) is 0 Å². The van der Waals surface area contributed by atoms with Crippen molar-refractivity contribution in [3.8, 4) is 0 Å². The van der Waals surface area contributed by atoms with Crippen LogP contribution >= 0.6 is 0 Å². The van der Waals surface area contributed by atoms with E-state index >= 15 is 0 Å². The molecule has 1 aliphatic heterocycles. The van der Waals surface area contributed by atoms with Crippen LogP contribution in [0.25, 0.3) is 0 Å². The Morgan fingerprint density at radius 1 is 1.62 bits per heavy atom. The Kier molecular flexibility index (Phi) is 1.33. The van der Waals surface area contributed by atoms with E-state index in [-0.39, 0.29) is 0 Å². The molecule has 2 heteroatoms. The summed E-state index contributed by atoms with van der Waals surface area (Å²) in [5.74, 6) is 0. The van der Waals surface area contributed by atoms with Gasteiger partial charge >= 0.3 is 0 Å². The maximum absolute atomic E-state index is 5.45. The van der Waals surface area contributed by atoms with Crippen LogP contribution in [0.2, 0.25) is 0 Å². The molecule has 0 amide bonds. The fourth-order valence-corrected chi connectivity index (χ4v) is 0.647. The summed E-state index contributed by atoms with van der Waals surface area (Å²) in [5, 5.41) is 0. The van der Waals surface area contributed by atoms with Crippen molar-refractivity contribution in [2.24, 2.45) is 10.7 Å². The van der Waals surface area contributed by atoms with Crippen LogP contribution < -0.4 is 5.73 Å². The first-order valence-electron chi connectivity index (χ1n) is 2.77. The third-order valence-electron chi connectivity index (χ3n) is 1.23. The minimum absolute atomic E-state index is 0.899. The van der Waals surface area contributed by atoms with Crippen LogP contribution in [0.1, 0.15) is 19.8 Å². The lowest BCUT2D eigenvalue weighted by Crippen LogP contribution is -2.04. The van der Waals surface area contributed by atoms with Crippen molar-refractivity contribution in [3.05, 3.63) is 11.9 Å². The lowest BCUT2D eigenvalue weighted by Gasteiger charge is -2.04. The van der Waals surface area contributed by atoms with Gasteiger partial charge in [0.05, 0.1) is 0 Å². The average Bonchev–Trinajstić information content (AvgIpc) is 1.77. The van der Waals surface area contributed by atoms with Crippen LogP contribution in [0.3, 0.4) is 0 Å². The molecular weight excluding hydrogens is 100 g/mol. The Morgan fingerprint density at radius 2 is 2.38 bits per heavy atom. The second kappa shape index (κ2) is 1.99. The smallest absolute Gasteiger partial charge is 0.0454 e. The van der Waals surface area contributed by atoms with E-state index in [1.807, 2.05) is 6.92 Å². The van der Waals surface area contributed by atoms with E-state index in [9.17, 15) is 0 Å². The number of allylic oxidation sites excluding steroid dienone is 1. The third kappa shape index (κ3) is 1.09. The summed E-state index contributed by atoms with van der Waals surface area (Å²) in [6.07, 6.45) is 3.75. The molecule has 0 spiro atoms. The van der Waals surface area contributed by atoms with E-state index in [0.29, 0.717) is 0 Å². The van der Waals surface area contributed by atoms with E-state index in [4.69, 9.17) is 5.73 Å². The second-order valence-electron chi connectivity index (χ2n) is 2.07. The van der Waals surface area contributed by atoms with Gasteiger partial charge in [0.15, 0.2) is 0 Å². The molecule has 0 fully saturated rings. The van der Waals surface area contributed by atoms with Gasteiger partial charge in [-0.1, -0.05) is 0 Å². The first-order chi connectivity index (χ1) is 3.79. The third-order valence-corrected chi connectivity index (χ3v) is 1.23. The van der Waals surface area contributed by atoms with Crippen molar-refractivity contribution < 1.29 is 0 Å². The summed E-state index contributed by atoms with van der Waals surface area (Å²) in [6.45, 7) is 2.02. The topological polar surface area (TPSA) is 38.4 Å². The van der Waals surface area contributed by atoms with E-state index in [1.54, 1.807) is 6.20 Å². The summed E-state index contributed by atoms with van der Waals surface area (Å²) in [7, 11) is 0. The van der Waals surface area contributed by atoms with Gasteiger partial charge in [0, 0.05) is 17.6 Å². The quantitative estimate of drug-likeness (QED) is 0.497. The minimum Gasteiger partial charge on any atom is -0.401 e. The van der Waals surface area contributed by atoms with E-state index in [2.05, 4.69) is 4.99 Å². The van der Waals surface area contributed by atoms with Crippen molar-refractivity contribution in [2.75, 3.05) is 0 Å². The fraction of sp³-hybridized carbons (Fsp3) is 0.500. The Balaban J connectivity index is 2.65. The second-order valence-corrected chi connectivity index (χ2v) is 2.07. The van der Waals surface area contributed by atoms with Crippen LogP contribution in [0, 0.1) is 0 Å². The highest BCUT2D eigenvalue weighted by atomic mass is 14.8. The molecule has 0 aromatic rings. The van der Waals surface area contributed by atoms with Crippen LogP contribution in [0.5, 0.6) is 0 Å². The molecule has 8 heavy (non-hydrogen) atoms. The van der Waals surface area contributed by atoms with Gasteiger partial charge in [-0.15, -0.1) is 0 Å². The monoisotopic (exact) mass is 110 g/mol. The molecule has 0 radical (unpaired) electrons. The number of hydrogen-bond acceptors (Lipinski definition) is 2. The SMILES string of the molecule is CC1=NC=C(N)CC1. The molecule has 0 aromatic carbocycles. The zero-order chi connectivity index (χ0) is 5.98. The maximum atomic E-state index is 5.45. The lowest BCUT2D eigenvalue weighted by molar-refractivity contribution is 0.953. The first kappa shape index (κ1) is 5.35. The fourth-order valence-electron chi connectivity index (χ4n) is 0.647. The highest BCUT2D eigenvalue weighted by Crippen LogP contribution is 2.05. The first-order valence-corrected chi connectivity index (χ1v) is 2.77. The summed E-state index contributed by atoms with van der Waals surface area (Å²) in [5.41, 5.74) is 7.53. The molecule has 1 rings (SSSR count). The Hall–Kier alpha value is -0.790. The highest BCUT2D eigenvalue weighted by molar-refractivity contribution is 5.83. The summed E-state index contributed by atoms with van der Waals surface area (Å²) >= 11 is 0. The largest absolute Gasteiger partial charge is 0.401 e. The number of hydrogen-bond donors (Lipinski definition) is 1. The molecule has 1 aliphatic rings. The number of aliphatic imine (C=N–C) groups is 1. The average molecular weight is 110 g/mol. The van der Waals surface area contributed by atoms with Gasteiger partial charge in [0.2, 0.25) is 0 Å². The lowest BCUT2D eigenvalue weighted by atomic mass is 10.1. The number of rotatable bonds is 0. The predicted octanol–water partition coefficient (Wildman–Crippen LogP) is 1.04. The van der Waals surface area contributed by atoms with Crippen LogP contribution in [0.15, 0.2) is 16.9 Å². The number of nitrogens with zero attached hydrogens (tertiary/aromatic N) is 1. The molecule has 2 nitrogen and oxygen atoms in total. The summed E-state index contributed by atoms with van der Waals surface area (Å²) in [6, 6.07) is 0. The van der Waals surface area contributed by atoms with Gasteiger partial charge in [0.25, 0.3) is 0 Å². The van der Waals surface area contributed by atoms with Gasteiger partial charge in [-0.05, 0) is 19.8 Å². The molecule has 0 saturated heterocycles. The van der Waals surface area contributed by atoms with Gasteiger partial charge < -0.3 is 5.73 Å². The molecule has 0 atom stereocenters. The normalized spacial score (nSPS) is 19.6. The van der Waals surface area contributed by atoms with E-state index in [1.165, 1.54) is 5.71 Å². The molecule has 0 unspecified atom stereocenters. The van der Waals surface area contributed by atoms with Crippen molar-refractivity contribution in [1.29, 1.82) is 0 Å². The Labute approximate surface area is 49.1 Å². The van der Waals surface area contributed by atoms with Gasteiger partial charge in [-0.25, -0.2) is 0 Å². The standard InChI is InChI=1S/C6H10N2/c1-5-2-3-6(7)4-8-5/h4H,2-3,7H2,1H3. The molecule has 0 aliphatic carbocycles. The molecule has 0 bridgehead atoms. The van der Waals surface area contributed by atoms with Crippen molar-refractivity contribution in [2.45, 2.75) is 19.8 Å². The zero-order valence-corrected chi connectivity index (χ0v) is 5.02.